The Kier molecular flexibility index (Phi) is 4.16. The number of alkyl halides is 6. The molecular formula is C12H8F6O2. The minimum absolute atomic E-state index is 0.273. The van der Waals surface area contributed by atoms with Gasteiger partial charge in [-0.15, -0.1) is 0 Å². The van der Waals surface area contributed by atoms with E-state index in [-0.39, 0.29) is 6.07 Å². The Morgan fingerprint density at radius 3 is 2.05 bits per heavy atom. The van der Waals surface area contributed by atoms with Crippen LogP contribution in [-0.2, 0) is 17.1 Å². The van der Waals surface area contributed by atoms with Gasteiger partial charge in [0.1, 0.15) is 0 Å². The van der Waals surface area contributed by atoms with Crippen molar-refractivity contribution in [3.05, 3.63) is 40.5 Å². The molecule has 0 saturated carbocycles. The first kappa shape index (κ1) is 16.1. The molecule has 0 saturated heterocycles. The van der Waals surface area contributed by atoms with Crippen molar-refractivity contribution in [2.75, 3.05) is 0 Å². The second-order valence-electron chi connectivity index (χ2n) is 3.92. The molecule has 20 heavy (non-hydrogen) atoms. The SMILES string of the molecule is Cc1cc(C(F)(F)F)cc(/C=C/C(=O)O)c1C(F)(F)F. The van der Waals surface area contributed by atoms with Gasteiger partial charge in [0, 0.05) is 6.08 Å². The Morgan fingerprint density at radius 2 is 1.65 bits per heavy atom. The summed E-state index contributed by atoms with van der Waals surface area (Å²) in [5, 5.41) is 8.38. The number of carbonyl (C=O) groups is 1. The van der Waals surface area contributed by atoms with Crippen molar-refractivity contribution >= 4 is 12.0 Å². The Bertz CT molecular complexity index is 554. The van der Waals surface area contributed by atoms with Crippen molar-refractivity contribution in [1.29, 1.82) is 0 Å². The molecule has 0 bridgehead atoms. The van der Waals surface area contributed by atoms with Gasteiger partial charge in [-0.05, 0) is 36.3 Å². The van der Waals surface area contributed by atoms with E-state index in [1.165, 1.54) is 0 Å². The van der Waals surface area contributed by atoms with Crippen LogP contribution in [0, 0.1) is 6.92 Å². The van der Waals surface area contributed by atoms with E-state index in [0.717, 1.165) is 6.92 Å². The zero-order valence-electron chi connectivity index (χ0n) is 9.93. The first-order chi connectivity index (χ1) is 8.93. The molecule has 110 valence electrons. The lowest BCUT2D eigenvalue weighted by Gasteiger charge is -2.16. The van der Waals surface area contributed by atoms with Gasteiger partial charge >= 0.3 is 18.3 Å². The third-order valence-corrected chi connectivity index (χ3v) is 2.38. The van der Waals surface area contributed by atoms with Gasteiger partial charge in [-0.1, -0.05) is 0 Å². The number of aryl methyl sites for hydroxylation is 1. The summed E-state index contributed by atoms with van der Waals surface area (Å²) in [6.45, 7) is 0.885. The van der Waals surface area contributed by atoms with Crippen molar-refractivity contribution in [2.45, 2.75) is 19.3 Å². The summed E-state index contributed by atoms with van der Waals surface area (Å²) in [5.41, 5.74) is -4.03. The fourth-order valence-corrected chi connectivity index (χ4v) is 1.66. The molecule has 0 aliphatic carbocycles. The molecule has 0 unspecified atom stereocenters. The summed E-state index contributed by atoms with van der Waals surface area (Å²) in [7, 11) is 0. The van der Waals surface area contributed by atoms with E-state index in [9.17, 15) is 31.1 Å². The molecule has 0 aromatic heterocycles. The normalized spacial score (nSPS) is 12.9. The molecular weight excluding hydrogens is 290 g/mol. The summed E-state index contributed by atoms with van der Waals surface area (Å²) < 4.78 is 76.1. The molecule has 1 N–H and O–H groups in total. The molecule has 0 amide bonds. The van der Waals surface area contributed by atoms with Gasteiger partial charge in [0.25, 0.3) is 0 Å². The van der Waals surface area contributed by atoms with Crippen LogP contribution in [0.2, 0.25) is 0 Å². The number of hydrogen-bond donors (Lipinski definition) is 1. The summed E-state index contributed by atoms with van der Waals surface area (Å²) in [5.74, 6) is -1.56. The monoisotopic (exact) mass is 298 g/mol. The lowest BCUT2D eigenvalue weighted by atomic mass is 9.97. The van der Waals surface area contributed by atoms with Gasteiger partial charge in [0.05, 0.1) is 11.1 Å². The number of halogens is 6. The highest BCUT2D eigenvalue weighted by molar-refractivity contribution is 5.85. The first-order valence-electron chi connectivity index (χ1n) is 5.13. The van der Waals surface area contributed by atoms with Crippen LogP contribution < -0.4 is 0 Å². The van der Waals surface area contributed by atoms with Crippen molar-refractivity contribution in [2.24, 2.45) is 0 Å². The van der Waals surface area contributed by atoms with E-state index in [4.69, 9.17) is 5.11 Å². The summed E-state index contributed by atoms with van der Waals surface area (Å²) >= 11 is 0. The van der Waals surface area contributed by atoms with Crippen LogP contribution in [0.25, 0.3) is 6.08 Å². The van der Waals surface area contributed by atoms with Gasteiger partial charge in [0.2, 0.25) is 0 Å². The predicted molar refractivity (Wildman–Crippen MR) is 57.9 cm³/mol. The van der Waals surface area contributed by atoms with E-state index >= 15 is 0 Å². The third kappa shape index (κ3) is 3.75. The Morgan fingerprint density at radius 1 is 1.10 bits per heavy atom. The summed E-state index contributed by atoms with van der Waals surface area (Å²) in [6.07, 6.45) is -8.86. The lowest BCUT2D eigenvalue weighted by Crippen LogP contribution is -2.13. The molecule has 1 rings (SSSR count). The molecule has 0 radical (unpaired) electrons. The molecule has 1 aromatic rings. The number of hydrogen-bond acceptors (Lipinski definition) is 1. The van der Waals surface area contributed by atoms with Crippen LogP contribution in [0.15, 0.2) is 18.2 Å². The van der Waals surface area contributed by atoms with Crippen LogP contribution in [-0.4, -0.2) is 11.1 Å². The van der Waals surface area contributed by atoms with Gasteiger partial charge in [-0.25, -0.2) is 4.79 Å². The van der Waals surface area contributed by atoms with Crippen molar-refractivity contribution in [1.82, 2.24) is 0 Å². The second-order valence-corrected chi connectivity index (χ2v) is 3.92. The highest BCUT2D eigenvalue weighted by Crippen LogP contribution is 2.39. The minimum Gasteiger partial charge on any atom is -0.478 e. The highest BCUT2D eigenvalue weighted by atomic mass is 19.4. The summed E-state index contributed by atoms with van der Waals surface area (Å²) in [6, 6.07) is 0.649. The fraction of sp³-hybridized carbons (Fsp3) is 0.250. The van der Waals surface area contributed by atoms with Gasteiger partial charge in [-0.2, -0.15) is 26.3 Å². The topological polar surface area (TPSA) is 37.3 Å². The number of carboxylic acid groups (broad SMARTS) is 1. The standard InChI is InChI=1S/C12H8F6O2/c1-6-4-8(11(13,14)15)5-7(2-3-9(19)20)10(6)12(16,17)18/h2-5H,1H3,(H,19,20)/b3-2+. The van der Waals surface area contributed by atoms with Gasteiger partial charge in [-0.3, -0.25) is 0 Å². The third-order valence-electron chi connectivity index (χ3n) is 2.38. The van der Waals surface area contributed by atoms with Gasteiger partial charge in [0.15, 0.2) is 0 Å². The zero-order valence-corrected chi connectivity index (χ0v) is 9.93. The Hall–Kier alpha value is -1.99. The molecule has 0 atom stereocenters. The molecule has 0 aliphatic rings. The van der Waals surface area contributed by atoms with Crippen LogP contribution in [0.3, 0.4) is 0 Å². The minimum atomic E-state index is -4.88. The molecule has 0 fully saturated rings. The van der Waals surface area contributed by atoms with Crippen LogP contribution in [0.4, 0.5) is 26.3 Å². The van der Waals surface area contributed by atoms with E-state index in [1.54, 1.807) is 0 Å². The molecule has 0 spiro atoms. The van der Waals surface area contributed by atoms with Crippen molar-refractivity contribution < 1.29 is 36.2 Å². The van der Waals surface area contributed by atoms with Gasteiger partial charge < -0.3 is 5.11 Å². The van der Waals surface area contributed by atoms with Crippen LogP contribution in [0.1, 0.15) is 22.3 Å². The average Bonchev–Trinajstić information content (AvgIpc) is 2.22. The predicted octanol–water partition coefficient (Wildman–Crippen LogP) is 4.13. The zero-order chi connectivity index (χ0) is 15.7. The van der Waals surface area contributed by atoms with Crippen molar-refractivity contribution in [3.8, 4) is 0 Å². The molecule has 0 heterocycles. The number of carboxylic acids is 1. The van der Waals surface area contributed by atoms with Crippen molar-refractivity contribution in [3.63, 3.8) is 0 Å². The van der Waals surface area contributed by atoms with E-state index in [1.807, 2.05) is 0 Å². The quantitative estimate of drug-likeness (QED) is 0.658. The molecule has 8 heteroatoms. The van der Waals surface area contributed by atoms with Crippen LogP contribution in [0.5, 0.6) is 0 Å². The highest BCUT2D eigenvalue weighted by Gasteiger charge is 2.38. The maximum atomic E-state index is 12.8. The maximum absolute atomic E-state index is 12.8. The number of aliphatic carboxylic acids is 1. The Balaban J connectivity index is 3.57. The maximum Gasteiger partial charge on any atom is 0.417 e. The fourth-order valence-electron chi connectivity index (χ4n) is 1.66. The average molecular weight is 298 g/mol. The first-order valence-corrected chi connectivity index (χ1v) is 5.13. The van der Waals surface area contributed by atoms with E-state index < -0.39 is 40.6 Å². The molecule has 0 aliphatic heterocycles. The Labute approximate surface area is 109 Å². The van der Waals surface area contributed by atoms with E-state index in [2.05, 4.69) is 0 Å². The second kappa shape index (κ2) is 5.18. The molecule has 2 nitrogen and oxygen atoms in total. The summed E-state index contributed by atoms with van der Waals surface area (Å²) in [4.78, 5) is 10.3. The van der Waals surface area contributed by atoms with Crippen LogP contribution >= 0.6 is 0 Å². The number of rotatable bonds is 2. The lowest BCUT2D eigenvalue weighted by molar-refractivity contribution is -0.141. The number of benzene rings is 1. The largest absolute Gasteiger partial charge is 0.478 e. The molecule has 1 aromatic carbocycles. The smallest absolute Gasteiger partial charge is 0.417 e. The van der Waals surface area contributed by atoms with E-state index in [0.29, 0.717) is 18.2 Å².